The van der Waals surface area contributed by atoms with Gasteiger partial charge < -0.3 is 10.0 Å². The Balaban J connectivity index is 2.62. The summed E-state index contributed by atoms with van der Waals surface area (Å²) < 4.78 is 14.3. The summed E-state index contributed by atoms with van der Waals surface area (Å²) in [4.78, 5) is 0. The molecule has 0 saturated carbocycles. The van der Waals surface area contributed by atoms with E-state index in [0.29, 0.717) is 22.4 Å². The van der Waals surface area contributed by atoms with Crippen molar-refractivity contribution in [1.82, 2.24) is 9.78 Å². The smallest absolute Gasteiger partial charge is 0.422 e. The van der Waals surface area contributed by atoms with Gasteiger partial charge in [-0.2, -0.15) is 5.10 Å². The molecule has 88 valence electrons. The molecule has 0 unspecified atom stereocenters. The molecule has 0 aliphatic carbocycles. The molecule has 1 aromatic carbocycles. The highest BCUT2D eigenvalue weighted by molar-refractivity contribution is 6.59. The van der Waals surface area contributed by atoms with Crippen molar-refractivity contribution in [3.63, 3.8) is 0 Å². The summed E-state index contributed by atoms with van der Waals surface area (Å²) in [6.45, 7) is 1.77. The van der Waals surface area contributed by atoms with Gasteiger partial charge in [-0.15, -0.1) is 0 Å². The van der Waals surface area contributed by atoms with E-state index in [1.807, 2.05) is 0 Å². The number of hydrogen-bond donors (Lipinski definition) is 2. The van der Waals surface area contributed by atoms with Crippen LogP contribution in [0.4, 0.5) is 4.39 Å². The summed E-state index contributed by atoms with van der Waals surface area (Å²) in [6, 6.07) is 5.83. The van der Waals surface area contributed by atoms with Gasteiger partial charge in [0.1, 0.15) is 5.82 Å². The summed E-state index contributed by atoms with van der Waals surface area (Å²) in [6.07, 6.45) is 0. The van der Waals surface area contributed by atoms with Crippen molar-refractivity contribution in [2.75, 3.05) is 0 Å². The highest BCUT2D eigenvalue weighted by Gasteiger charge is 2.24. The first-order chi connectivity index (χ1) is 8.00. The maximum Gasteiger partial charge on any atom is 0.508 e. The molecule has 4 nitrogen and oxygen atoms in total. The van der Waals surface area contributed by atoms with Crippen LogP contribution in [0.2, 0.25) is 0 Å². The molecule has 2 rings (SSSR count). The first kappa shape index (κ1) is 11.8. The van der Waals surface area contributed by atoms with Crippen LogP contribution in [0, 0.1) is 12.7 Å². The van der Waals surface area contributed by atoms with Crippen LogP contribution in [0.25, 0.3) is 11.1 Å². The number of rotatable bonds is 2. The van der Waals surface area contributed by atoms with Crippen LogP contribution in [0.5, 0.6) is 0 Å². The van der Waals surface area contributed by atoms with Crippen LogP contribution in [-0.2, 0) is 7.05 Å². The van der Waals surface area contributed by atoms with Gasteiger partial charge in [-0.3, -0.25) is 4.68 Å². The van der Waals surface area contributed by atoms with Crippen LogP contribution in [0.3, 0.4) is 0 Å². The van der Waals surface area contributed by atoms with Gasteiger partial charge in [0.25, 0.3) is 0 Å². The third kappa shape index (κ3) is 2.09. The minimum atomic E-state index is -1.61. The van der Waals surface area contributed by atoms with Crippen molar-refractivity contribution < 1.29 is 14.4 Å². The average Bonchev–Trinajstić information content (AvgIpc) is 2.55. The predicted octanol–water partition coefficient (Wildman–Crippen LogP) is 0.214. The van der Waals surface area contributed by atoms with Crippen molar-refractivity contribution in [2.24, 2.45) is 7.05 Å². The summed E-state index contributed by atoms with van der Waals surface area (Å²) in [5, 5.41) is 22.8. The number of benzene rings is 1. The molecule has 17 heavy (non-hydrogen) atoms. The molecule has 2 N–H and O–H groups in total. The Morgan fingerprint density at radius 3 is 2.35 bits per heavy atom. The third-order valence-electron chi connectivity index (χ3n) is 2.64. The van der Waals surface area contributed by atoms with E-state index in [1.165, 1.54) is 16.8 Å². The topological polar surface area (TPSA) is 58.3 Å². The highest BCUT2D eigenvalue weighted by Crippen LogP contribution is 2.21. The molecular formula is C11H12BFN2O2. The molecule has 0 aliphatic heterocycles. The second-order valence-electron chi connectivity index (χ2n) is 3.85. The Bertz CT molecular complexity index is 537. The van der Waals surface area contributed by atoms with Gasteiger partial charge in [0, 0.05) is 12.6 Å². The second-order valence-corrected chi connectivity index (χ2v) is 3.85. The molecule has 0 saturated heterocycles. The lowest BCUT2D eigenvalue weighted by Gasteiger charge is -2.05. The molecule has 1 aromatic heterocycles. The van der Waals surface area contributed by atoms with E-state index in [-0.39, 0.29) is 5.82 Å². The lowest BCUT2D eigenvalue weighted by molar-refractivity contribution is 0.422. The standard InChI is InChI=1S/C11H12BFN2O2/c1-7-10(8-3-5-9(13)6-4-8)11(12(16)17)15(2)14-7/h3-6,16-17H,1-2H3. The highest BCUT2D eigenvalue weighted by atomic mass is 19.1. The second kappa shape index (κ2) is 4.31. The maximum absolute atomic E-state index is 12.8. The Hall–Kier alpha value is -1.66. The van der Waals surface area contributed by atoms with Crippen molar-refractivity contribution in [1.29, 1.82) is 0 Å². The van der Waals surface area contributed by atoms with E-state index in [0.717, 1.165) is 0 Å². The zero-order chi connectivity index (χ0) is 12.6. The van der Waals surface area contributed by atoms with Crippen LogP contribution in [0.1, 0.15) is 5.69 Å². The van der Waals surface area contributed by atoms with Crippen molar-refractivity contribution in [2.45, 2.75) is 6.92 Å². The first-order valence-corrected chi connectivity index (χ1v) is 5.16. The largest absolute Gasteiger partial charge is 0.508 e. The minimum absolute atomic E-state index is 0.300. The maximum atomic E-state index is 12.8. The molecule has 0 spiro atoms. The van der Waals surface area contributed by atoms with E-state index < -0.39 is 7.12 Å². The molecule has 1 heterocycles. The van der Waals surface area contributed by atoms with E-state index in [4.69, 9.17) is 0 Å². The van der Waals surface area contributed by atoms with E-state index in [2.05, 4.69) is 5.10 Å². The molecule has 0 atom stereocenters. The monoisotopic (exact) mass is 234 g/mol. The van der Waals surface area contributed by atoms with E-state index in [1.54, 1.807) is 26.1 Å². The molecule has 0 aliphatic rings. The lowest BCUT2D eigenvalue weighted by atomic mass is 9.80. The van der Waals surface area contributed by atoms with E-state index in [9.17, 15) is 14.4 Å². The lowest BCUT2D eigenvalue weighted by Crippen LogP contribution is -2.37. The summed E-state index contributed by atoms with van der Waals surface area (Å²) >= 11 is 0. The third-order valence-corrected chi connectivity index (χ3v) is 2.64. The predicted molar refractivity (Wildman–Crippen MR) is 63.2 cm³/mol. The number of aryl methyl sites for hydroxylation is 2. The number of halogens is 1. The fourth-order valence-corrected chi connectivity index (χ4v) is 1.95. The van der Waals surface area contributed by atoms with Gasteiger partial charge in [-0.1, -0.05) is 12.1 Å². The van der Waals surface area contributed by atoms with E-state index >= 15 is 0 Å². The molecular weight excluding hydrogens is 222 g/mol. The number of hydrogen-bond acceptors (Lipinski definition) is 3. The van der Waals surface area contributed by atoms with Crippen LogP contribution in [0.15, 0.2) is 24.3 Å². The Morgan fingerprint density at radius 2 is 1.82 bits per heavy atom. The average molecular weight is 234 g/mol. The molecule has 0 fully saturated rings. The van der Waals surface area contributed by atoms with Crippen molar-refractivity contribution in [3.8, 4) is 11.1 Å². The Kier molecular flexibility index (Phi) is 3.00. The fourth-order valence-electron chi connectivity index (χ4n) is 1.95. The Morgan fingerprint density at radius 1 is 1.24 bits per heavy atom. The molecule has 6 heteroatoms. The van der Waals surface area contributed by atoms with Crippen LogP contribution in [-0.4, -0.2) is 26.9 Å². The zero-order valence-corrected chi connectivity index (χ0v) is 9.55. The SMILES string of the molecule is Cc1nn(C)c(B(O)O)c1-c1ccc(F)cc1. The molecule has 0 bridgehead atoms. The number of aromatic nitrogens is 2. The number of nitrogens with zero attached hydrogens (tertiary/aromatic N) is 2. The van der Waals surface area contributed by atoms with Gasteiger partial charge >= 0.3 is 7.12 Å². The van der Waals surface area contributed by atoms with Gasteiger partial charge in [-0.25, -0.2) is 4.39 Å². The van der Waals surface area contributed by atoms with Crippen molar-refractivity contribution >= 4 is 12.7 Å². The van der Waals surface area contributed by atoms with Crippen LogP contribution >= 0.6 is 0 Å². The molecule has 0 amide bonds. The zero-order valence-electron chi connectivity index (χ0n) is 9.55. The summed E-state index contributed by atoms with van der Waals surface area (Å²) in [7, 11) is 0.0238. The summed E-state index contributed by atoms with van der Waals surface area (Å²) in [5.41, 5.74) is 2.30. The first-order valence-electron chi connectivity index (χ1n) is 5.16. The van der Waals surface area contributed by atoms with Crippen LogP contribution < -0.4 is 5.59 Å². The van der Waals surface area contributed by atoms with Crippen molar-refractivity contribution in [3.05, 3.63) is 35.8 Å². The van der Waals surface area contributed by atoms with Gasteiger partial charge in [0.05, 0.1) is 11.3 Å². The fraction of sp³-hybridized carbons (Fsp3) is 0.182. The quantitative estimate of drug-likeness (QED) is 0.730. The Labute approximate surface area is 98.5 Å². The minimum Gasteiger partial charge on any atom is -0.422 e. The normalized spacial score (nSPS) is 10.6. The molecule has 2 aromatic rings. The van der Waals surface area contributed by atoms with Gasteiger partial charge in [0.15, 0.2) is 0 Å². The van der Waals surface area contributed by atoms with Gasteiger partial charge in [0.2, 0.25) is 0 Å². The summed E-state index contributed by atoms with van der Waals surface area (Å²) in [5.74, 6) is -0.332. The molecule has 0 radical (unpaired) electrons. The van der Waals surface area contributed by atoms with Gasteiger partial charge in [-0.05, 0) is 24.6 Å².